The number of nitro groups is 1. The number of aromatic carboxylic acids is 1. The molecule has 1 aromatic rings. The van der Waals surface area contributed by atoms with Crippen LogP contribution in [-0.4, -0.2) is 34.3 Å². The molecule has 16 heavy (non-hydrogen) atoms. The summed E-state index contributed by atoms with van der Waals surface area (Å²) >= 11 is 0. The van der Waals surface area contributed by atoms with Crippen LogP contribution in [0.3, 0.4) is 0 Å². The molecular weight excluding hydrogens is 216 g/mol. The highest BCUT2D eigenvalue weighted by Gasteiger charge is 2.23. The van der Waals surface area contributed by atoms with E-state index < -0.39 is 16.6 Å². The van der Waals surface area contributed by atoms with Crippen molar-refractivity contribution in [2.45, 2.75) is 0 Å². The topological polar surface area (TPSA) is 113 Å². The number of nitro benzene ring substituents is 1. The van der Waals surface area contributed by atoms with Gasteiger partial charge in [0.15, 0.2) is 0 Å². The molecule has 0 aliphatic heterocycles. The van der Waals surface area contributed by atoms with Gasteiger partial charge in [0.1, 0.15) is 11.3 Å². The van der Waals surface area contributed by atoms with Crippen molar-refractivity contribution in [2.24, 2.45) is 0 Å². The molecule has 0 fully saturated rings. The molecule has 0 amide bonds. The fourth-order valence-corrected chi connectivity index (χ4v) is 1.25. The second-order valence-electron chi connectivity index (χ2n) is 2.91. The number of nitrogens with zero attached hydrogens (tertiary/aromatic N) is 1. The van der Waals surface area contributed by atoms with E-state index in [9.17, 15) is 14.9 Å². The molecular formula is C9H10N2O5. The minimum atomic E-state index is -1.36. The molecule has 0 aliphatic carbocycles. The number of benzene rings is 1. The third-order valence-electron chi connectivity index (χ3n) is 1.88. The number of hydrogen-bond acceptors (Lipinski definition) is 5. The Morgan fingerprint density at radius 1 is 1.50 bits per heavy atom. The van der Waals surface area contributed by atoms with Gasteiger partial charge in [-0.2, -0.15) is 0 Å². The number of carboxylic acids is 1. The summed E-state index contributed by atoms with van der Waals surface area (Å²) in [5.74, 6) is -1.36. The first-order valence-electron chi connectivity index (χ1n) is 4.43. The van der Waals surface area contributed by atoms with Crippen LogP contribution in [-0.2, 0) is 0 Å². The summed E-state index contributed by atoms with van der Waals surface area (Å²) in [4.78, 5) is 20.8. The summed E-state index contributed by atoms with van der Waals surface area (Å²) in [6, 6.07) is 3.95. The maximum atomic E-state index is 10.8. The molecule has 7 heteroatoms. The Labute approximate surface area is 90.5 Å². The smallest absolute Gasteiger partial charge is 0.342 e. The summed E-state index contributed by atoms with van der Waals surface area (Å²) in [5.41, 5.74) is -0.796. The predicted molar refractivity (Wildman–Crippen MR) is 55.6 cm³/mol. The van der Waals surface area contributed by atoms with Crippen molar-refractivity contribution in [3.8, 4) is 0 Å². The summed E-state index contributed by atoms with van der Waals surface area (Å²) in [7, 11) is 0. The zero-order valence-corrected chi connectivity index (χ0v) is 8.21. The van der Waals surface area contributed by atoms with Crippen LogP contribution in [0.15, 0.2) is 18.2 Å². The van der Waals surface area contributed by atoms with E-state index >= 15 is 0 Å². The highest BCUT2D eigenvalue weighted by molar-refractivity contribution is 5.95. The maximum absolute atomic E-state index is 10.8. The van der Waals surface area contributed by atoms with Crippen LogP contribution < -0.4 is 5.32 Å². The van der Waals surface area contributed by atoms with Crippen molar-refractivity contribution in [2.75, 3.05) is 18.5 Å². The molecule has 3 N–H and O–H groups in total. The molecule has 0 spiro atoms. The molecule has 0 aromatic heterocycles. The van der Waals surface area contributed by atoms with Gasteiger partial charge in [0.25, 0.3) is 0 Å². The molecule has 1 rings (SSSR count). The second kappa shape index (κ2) is 5.08. The van der Waals surface area contributed by atoms with E-state index in [2.05, 4.69) is 5.32 Å². The molecule has 0 heterocycles. The molecule has 0 saturated heterocycles. The van der Waals surface area contributed by atoms with E-state index in [0.29, 0.717) is 0 Å². The summed E-state index contributed by atoms with van der Waals surface area (Å²) in [6.45, 7) is -0.0850. The quantitative estimate of drug-likeness (QED) is 0.503. The van der Waals surface area contributed by atoms with Gasteiger partial charge >= 0.3 is 11.7 Å². The van der Waals surface area contributed by atoms with Gasteiger partial charge in [-0.3, -0.25) is 10.1 Å². The molecule has 86 valence electrons. The second-order valence-corrected chi connectivity index (χ2v) is 2.91. The third kappa shape index (κ3) is 2.45. The number of anilines is 1. The highest BCUT2D eigenvalue weighted by Crippen LogP contribution is 2.28. The van der Waals surface area contributed by atoms with Crippen molar-refractivity contribution in [3.05, 3.63) is 33.9 Å². The van der Waals surface area contributed by atoms with Gasteiger partial charge in [0.2, 0.25) is 0 Å². The van der Waals surface area contributed by atoms with E-state index in [4.69, 9.17) is 10.2 Å². The van der Waals surface area contributed by atoms with Crippen LogP contribution in [0, 0.1) is 10.1 Å². The fourth-order valence-electron chi connectivity index (χ4n) is 1.25. The van der Waals surface area contributed by atoms with Gasteiger partial charge in [-0.05, 0) is 12.1 Å². The lowest BCUT2D eigenvalue weighted by molar-refractivity contribution is -0.384. The lowest BCUT2D eigenvalue weighted by Gasteiger charge is -2.06. The number of carbonyl (C=O) groups is 1. The average molecular weight is 226 g/mol. The van der Waals surface area contributed by atoms with E-state index in [0.717, 1.165) is 6.07 Å². The van der Waals surface area contributed by atoms with E-state index in [1.54, 1.807) is 0 Å². The molecule has 0 unspecified atom stereocenters. The molecule has 1 aromatic carbocycles. The van der Waals surface area contributed by atoms with Crippen molar-refractivity contribution < 1.29 is 19.9 Å². The first-order valence-corrected chi connectivity index (χ1v) is 4.43. The number of nitrogens with one attached hydrogen (secondary N) is 1. The number of aliphatic hydroxyl groups excluding tert-OH is 1. The van der Waals surface area contributed by atoms with Crippen molar-refractivity contribution >= 4 is 17.3 Å². The molecule has 0 aliphatic rings. The zero-order valence-electron chi connectivity index (χ0n) is 8.21. The molecule has 0 atom stereocenters. The predicted octanol–water partition coefficient (Wildman–Crippen LogP) is 0.697. The normalized spacial score (nSPS) is 9.81. The average Bonchev–Trinajstić information content (AvgIpc) is 2.25. The van der Waals surface area contributed by atoms with E-state index in [-0.39, 0.29) is 24.4 Å². The Morgan fingerprint density at radius 3 is 2.69 bits per heavy atom. The van der Waals surface area contributed by atoms with Gasteiger partial charge < -0.3 is 15.5 Å². The van der Waals surface area contributed by atoms with Crippen LogP contribution in [0.1, 0.15) is 10.4 Å². The standard InChI is InChI=1S/C9H10N2O5/c12-5-4-10-7-3-1-2-6(9(13)14)8(7)11(15)16/h1-3,10,12H,4-5H2,(H,13,14). The van der Waals surface area contributed by atoms with Crippen LogP contribution in [0.2, 0.25) is 0 Å². The maximum Gasteiger partial charge on any atom is 0.342 e. The van der Waals surface area contributed by atoms with Gasteiger partial charge in [-0.1, -0.05) is 6.07 Å². The molecule has 0 bridgehead atoms. The van der Waals surface area contributed by atoms with Crippen LogP contribution >= 0.6 is 0 Å². The van der Waals surface area contributed by atoms with Crippen molar-refractivity contribution in [1.29, 1.82) is 0 Å². The van der Waals surface area contributed by atoms with Crippen molar-refractivity contribution in [1.82, 2.24) is 0 Å². The van der Waals surface area contributed by atoms with Crippen molar-refractivity contribution in [3.63, 3.8) is 0 Å². The van der Waals surface area contributed by atoms with E-state index in [1.807, 2.05) is 0 Å². The Balaban J connectivity index is 3.21. The lowest BCUT2D eigenvalue weighted by atomic mass is 10.1. The fraction of sp³-hybridized carbons (Fsp3) is 0.222. The van der Waals surface area contributed by atoms with Crippen LogP contribution in [0.25, 0.3) is 0 Å². The van der Waals surface area contributed by atoms with Gasteiger partial charge in [0.05, 0.1) is 11.5 Å². The van der Waals surface area contributed by atoms with Crippen LogP contribution in [0.4, 0.5) is 11.4 Å². The zero-order chi connectivity index (χ0) is 12.1. The largest absolute Gasteiger partial charge is 0.477 e. The van der Waals surface area contributed by atoms with Gasteiger partial charge in [-0.15, -0.1) is 0 Å². The summed E-state index contributed by atoms with van der Waals surface area (Å²) < 4.78 is 0. The number of rotatable bonds is 5. The molecule has 7 nitrogen and oxygen atoms in total. The highest BCUT2D eigenvalue weighted by atomic mass is 16.6. The number of para-hydroxylation sites is 1. The summed E-state index contributed by atoms with van der Waals surface area (Å²) in [6.07, 6.45) is 0. The van der Waals surface area contributed by atoms with Crippen LogP contribution in [0.5, 0.6) is 0 Å². The van der Waals surface area contributed by atoms with E-state index in [1.165, 1.54) is 12.1 Å². The monoisotopic (exact) mass is 226 g/mol. The first kappa shape index (κ1) is 11.9. The summed E-state index contributed by atoms with van der Waals surface area (Å²) in [5, 5.41) is 30.7. The lowest BCUT2D eigenvalue weighted by Crippen LogP contribution is -2.10. The Kier molecular flexibility index (Phi) is 3.78. The number of carboxylic acid groups (broad SMARTS) is 1. The Bertz CT molecular complexity index is 418. The number of aliphatic hydroxyl groups is 1. The molecule has 0 saturated carbocycles. The minimum absolute atomic E-state index is 0.0824. The van der Waals surface area contributed by atoms with Gasteiger partial charge in [0, 0.05) is 6.54 Å². The Hall–Kier alpha value is -2.15. The Morgan fingerprint density at radius 2 is 2.19 bits per heavy atom. The van der Waals surface area contributed by atoms with Gasteiger partial charge in [-0.25, -0.2) is 4.79 Å². The number of hydrogen-bond donors (Lipinski definition) is 3. The molecule has 0 radical (unpaired) electrons. The SMILES string of the molecule is O=C(O)c1cccc(NCCO)c1[N+](=O)[O-]. The first-order chi connectivity index (χ1) is 7.57. The minimum Gasteiger partial charge on any atom is -0.477 e. The third-order valence-corrected chi connectivity index (χ3v) is 1.88.